The van der Waals surface area contributed by atoms with E-state index in [9.17, 15) is 0 Å². The minimum atomic E-state index is 0.377. The van der Waals surface area contributed by atoms with E-state index in [1.54, 1.807) is 19.4 Å². The molecule has 0 atom stereocenters. The topological polar surface area (TPSA) is 82.3 Å². The van der Waals surface area contributed by atoms with Gasteiger partial charge in [-0.3, -0.25) is 0 Å². The molecule has 1 aliphatic rings. The molecule has 1 heterocycles. The number of methoxy groups -OCH3 is 1. The number of nitrogens with zero attached hydrogens (tertiary/aromatic N) is 2. The maximum absolute atomic E-state index is 5.87. The molecular formula is C14H24N4O2. The molecule has 6 nitrogen and oxygen atoms in total. The molecule has 1 saturated carbocycles. The van der Waals surface area contributed by atoms with E-state index in [1.165, 1.54) is 0 Å². The summed E-state index contributed by atoms with van der Waals surface area (Å²) in [6.45, 7) is 1.55. The van der Waals surface area contributed by atoms with E-state index in [4.69, 9.17) is 15.2 Å². The van der Waals surface area contributed by atoms with Gasteiger partial charge in [0.2, 0.25) is 11.8 Å². The lowest BCUT2D eigenvalue weighted by Gasteiger charge is -2.26. The van der Waals surface area contributed by atoms with Crippen LogP contribution in [-0.2, 0) is 4.74 Å². The molecule has 0 radical (unpaired) electrons. The van der Waals surface area contributed by atoms with Crippen LogP contribution in [0.2, 0.25) is 0 Å². The average molecular weight is 280 g/mol. The second kappa shape index (κ2) is 8.01. The first kappa shape index (κ1) is 15.0. The van der Waals surface area contributed by atoms with Gasteiger partial charge < -0.3 is 20.5 Å². The Hall–Kier alpha value is -1.40. The summed E-state index contributed by atoms with van der Waals surface area (Å²) in [4.78, 5) is 8.31. The van der Waals surface area contributed by atoms with Crippen LogP contribution in [0.5, 0.6) is 5.88 Å². The molecule has 0 aliphatic heterocycles. The van der Waals surface area contributed by atoms with Gasteiger partial charge in [-0.2, -0.15) is 4.98 Å². The van der Waals surface area contributed by atoms with Crippen molar-refractivity contribution in [3.8, 4) is 5.88 Å². The van der Waals surface area contributed by atoms with E-state index in [-0.39, 0.29) is 0 Å². The highest BCUT2D eigenvalue weighted by Crippen LogP contribution is 2.19. The second-order valence-electron chi connectivity index (χ2n) is 5.11. The van der Waals surface area contributed by atoms with Crippen LogP contribution >= 0.6 is 0 Å². The summed E-state index contributed by atoms with van der Waals surface area (Å²) in [6, 6.07) is 2.10. The van der Waals surface area contributed by atoms with Crippen LogP contribution in [0, 0.1) is 0 Å². The molecule has 0 bridgehead atoms. The molecule has 1 fully saturated rings. The Morgan fingerprint density at radius 2 is 2.15 bits per heavy atom. The minimum absolute atomic E-state index is 0.377. The van der Waals surface area contributed by atoms with Crippen LogP contribution in [0.4, 0.5) is 5.95 Å². The number of anilines is 1. The third-order valence-corrected chi connectivity index (χ3v) is 3.52. The van der Waals surface area contributed by atoms with Gasteiger partial charge >= 0.3 is 0 Å². The zero-order valence-corrected chi connectivity index (χ0v) is 12.0. The predicted octanol–water partition coefficient (Wildman–Crippen LogP) is 1.57. The van der Waals surface area contributed by atoms with Crippen molar-refractivity contribution >= 4 is 5.95 Å². The molecule has 1 aromatic rings. The highest BCUT2D eigenvalue weighted by molar-refractivity contribution is 5.26. The maximum atomic E-state index is 5.87. The van der Waals surface area contributed by atoms with Crippen LogP contribution in [0.3, 0.4) is 0 Å². The number of nitrogens with one attached hydrogen (secondary N) is 1. The molecule has 3 N–H and O–H groups in total. The van der Waals surface area contributed by atoms with Gasteiger partial charge in [0.25, 0.3) is 0 Å². The summed E-state index contributed by atoms with van der Waals surface area (Å²) in [6.07, 6.45) is 7.35. The SMILES string of the molecule is COc1ccnc(NCCCOC2CCC(N)CC2)n1. The highest BCUT2D eigenvalue weighted by Gasteiger charge is 2.18. The van der Waals surface area contributed by atoms with E-state index in [0.29, 0.717) is 24.0 Å². The molecule has 0 spiro atoms. The number of ether oxygens (including phenoxy) is 2. The van der Waals surface area contributed by atoms with Gasteiger partial charge in [-0.25, -0.2) is 4.98 Å². The molecule has 0 unspecified atom stereocenters. The van der Waals surface area contributed by atoms with Crippen molar-refractivity contribution in [2.24, 2.45) is 5.73 Å². The molecule has 2 rings (SSSR count). The molecule has 0 aromatic carbocycles. The van der Waals surface area contributed by atoms with Crippen molar-refractivity contribution in [3.63, 3.8) is 0 Å². The fourth-order valence-electron chi connectivity index (χ4n) is 2.32. The Morgan fingerprint density at radius 1 is 1.35 bits per heavy atom. The summed E-state index contributed by atoms with van der Waals surface area (Å²) in [7, 11) is 1.59. The van der Waals surface area contributed by atoms with Gasteiger partial charge in [0.1, 0.15) is 0 Å². The van der Waals surface area contributed by atoms with Gasteiger partial charge in [-0.05, 0) is 32.1 Å². The average Bonchev–Trinajstić information content (AvgIpc) is 2.49. The second-order valence-corrected chi connectivity index (χ2v) is 5.11. The fourth-order valence-corrected chi connectivity index (χ4v) is 2.32. The van der Waals surface area contributed by atoms with Gasteiger partial charge in [0.05, 0.1) is 13.2 Å². The summed E-state index contributed by atoms with van der Waals surface area (Å²) in [5, 5.41) is 3.16. The van der Waals surface area contributed by atoms with Crippen molar-refractivity contribution in [3.05, 3.63) is 12.3 Å². The Balaban J connectivity index is 1.57. The molecule has 1 aliphatic carbocycles. The Bertz CT molecular complexity index is 395. The first-order valence-corrected chi connectivity index (χ1v) is 7.26. The Labute approximate surface area is 120 Å². The fraction of sp³-hybridized carbons (Fsp3) is 0.714. The molecule has 0 amide bonds. The van der Waals surface area contributed by atoms with Crippen molar-refractivity contribution in [2.75, 3.05) is 25.6 Å². The van der Waals surface area contributed by atoms with E-state index in [1.807, 2.05) is 0 Å². The summed E-state index contributed by atoms with van der Waals surface area (Å²) in [5.74, 6) is 1.16. The van der Waals surface area contributed by atoms with Crippen LogP contribution in [0.15, 0.2) is 12.3 Å². The van der Waals surface area contributed by atoms with Crippen LogP contribution < -0.4 is 15.8 Å². The van der Waals surface area contributed by atoms with Gasteiger partial charge in [-0.15, -0.1) is 0 Å². The molecule has 20 heavy (non-hydrogen) atoms. The lowest BCUT2D eigenvalue weighted by Crippen LogP contribution is -2.30. The largest absolute Gasteiger partial charge is 0.481 e. The number of aromatic nitrogens is 2. The van der Waals surface area contributed by atoms with E-state index in [2.05, 4.69) is 15.3 Å². The van der Waals surface area contributed by atoms with Gasteiger partial charge in [0.15, 0.2) is 0 Å². The smallest absolute Gasteiger partial charge is 0.225 e. The standard InChI is InChI=1S/C14H24N4O2/c1-19-13-7-9-17-14(18-13)16-8-2-10-20-12-5-3-11(15)4-6-12/h7,9,11-12H,2-6,8,10,15H2,1H3,(H,16,17,18). The van der Waals surface area contributed by atoms with Crippen LogP contribution in [0.1, 0.15) is 32.1 Å². The molecule has 1 aromatic heterocycles. The van der Waals surface area contributed by atoms with Crippen LogP contribution in [0.25, 0.3) is 0 Å². The predicted molar refractivity (Wildman–Crippen MR) is 77.9 cm³/mol. The van der Waals surface area contributed by atoms with E-state index < -0.39 is 0 Å². The van der Waals surface area contributed by atoms with E-state index >= 15 is 0 Å². The zero-order chi connectivity index (χ0) is 14.2. The first-order valence-electron chi connectivity index (χ1n) is 7.26. The zero-order valence-electron chi connectivity index (χ0n) is 12.0. The number of rotatable bonds is 7. The highest BCUT2D eigenvalue weighted by atomic mass is 16.5. The van der Waals surface area contributed by atoms with Crippen molar-refractivity contribution in [1.29, 1.82) is 0 Å². The normalized spacial score (nSPS) is 22.5. The third-order valence-electron chi connectivity index (χ3n) is 3.52. The van der Waals surface area contributed by atoms with Crippen molar-refractivity contribution < 1.29 is 9.47 Å². The van der Waals surface area contributed by atoms with Crippen LogP contribution in [-0.4, -0.2) is 42.4 Å². The monoisotopic (exact) mass is 280 g/mol. The summed E-state index contributed by atoms with van der Waals surface area (Å²) < 4.78 is 10.9. The molecule has 112 valence electrons. The molecular weight excluding hydrogens is 256 g/mol. The van der Waals surface area contributed by atoms with E-state index in [0.717, 1.165) is 45.3 Å². The Morgan fingerprint density at radius 3 is 2.90 bits per heavy atom. The quantitative estimate of drug-likeness (QED) is 0.738. The molecule has 6 heteroatoms. The van der Waals surface area contributed by atoms with Crippen molar-refractivity contribution in [1.82, 2.24) is 9.97 Å². The maximum Gasteiger partial charge on any atom is 0.225 e. The third kappa shape index (κ3) is 4.94. The number of nitrogens with two attached hydrogens (primary N) is 1. The van der Waals surface area contributed by atoms with Gasteiger partial charge in [-0.1, -0.05) is 0 Å². The lowest BCUT2D eigenvalue weighted by molar-refractivity contribution is 0.0251. The number of hydrogen-bond acceptors (Lipinski definition) is 6. The van der Waals surface area contributed by atoms with Gasteiger partial charge in [0, 0.05) is 31.5 Å². The summed E-state index contributed by atoms with van der Waals surface area (Å²) in [5.41, 5.74) is 5.87. The molecule has 0 saturated heterocycles. The van der Waals surface area contributed by atoms with Crippen molar-refractivity contribution in [2.45, 2.75) is 44.2 Å². The summed E-state index contributed by atoms with van der Waals surface area (Å²) >= 11 is 0. The lowest BCUT2D eigenvalue weighted by atomic mass is 9.94. The number of hydrogen-bond donors (Lipinski definition) is 2. The Kier molecular flexibility index (Phi) is 6.01. The minimum Gasteiger partial charge on any atom is -0.481 e. The first-order chi connectivity index (χ1) is 9.78.